The van der Waals surface area contributed by atoms with Crippen LogP contribution in [-0.4, -0.2) is 13.1 Å². The third-order valence-corrected chi connectivity index (χ3v) is 4.94. The van der Waals surface area contributed by atoms with Crippen LogP contribution in [0.4, 0.5) is 11.4 Å². The molecule has 1 fully saturated rings. The molecule has 1 aromatic rings. The van der Waals surface area contributed by atoms with E-state index in [1.54, 1.807) is 0 Å². The highest BCUT2D eigenvalue weighted by molar-refractivity contribution is 6.33. The molecule has 0 radical (unpaired) electrons. The summed E-state index contributed by atoms with van der Waals surface area (Å²) >= 11 is 6.20. The van der Waals surface area contributed by atoms with Gasteiger partial charge in [0, 0.05) is 18.8 Å². The number of nitrogens with zero attached hydrogens (tertiary/aromatic N) is 1. The van der Waals surface area contributed by atoms with Gasteiger partial charge in [-0.05, 0) is 55.2 Å². The zero-order valence-corrected chi connectivity index (χ0v) is 13.9. The van der Waals surface area contributed by atoms with Gasteiger partial charge >= 0.3 is 0 Å². The number of rotatable bonds is 1. The van der Waals surface area contributed by atoms with Gasteiger partial charge in [0.05, 0.1) is 10.7 Å². The Balaban J connectivity index is 2.17. The van der Waals surface area contributed by atoms with Gasteiger partial charge in [-0.3, -0.25) is 0 Å². The Labute approximate surface area is 128 Å². The zero-order chi connectivity index (χ0) is 14.9. The average Bonchev–Trinajstić information content (AvgIpc) is 2.59. The number of nitrogens with two attached hydrogens (primary N) is 1. The van der Waals surface area contributed by atoms with Crippen molar-refractivity contribution in [1.29, 1.82) is 0 Å². The first kappa shape index (κ1) is 15.5. The molecule has 0 aliphatic carbocycles. The molecule has 1 aliphatic heterocycles. The van der Waals surface area contributed by atoms with Crippen molar-refractivity contribution in [1.82, 2.24) is 0 Å². The first-order valence-corrected chi connectivity index (χ1v) is 7.97. The van der Waals surface area contributed by atoms with Crippen LogP contribution in [0, 0.1) is 18.3 Å². The Hall–Kier alpha value is -0.890. The largest absolute Gasteiger partial charge is 0.398 e. The smallest absolute Gasteiger partial charge is 0.0656 e. The second-order valence-electron chi connectivity index (χ2n) is 7.14. The Morgan fingerprint density at radius 1 is 1.20 bits per heavy atom. The summed E-state index contributed by atoms with van der Waals surface area (Å²) in [4.78, 5) is 2.48. The molecule has 0 aromatic heterocycles. The predicted octanol–water partition coefficient (Wildman–Crippen LogP) is 4.88. The van der Waals surface area contributed by atoms with Gasteiger partial charge in [0.1, 0.15) is 0 Å². The molecule has 1 saturated heterocycles. The number of hydrogen-bond acceptors (Lipinski definition) is 2. The van der Waals surface area contributed by atoms with Gasteiger partial charge < -0.3 is 10.6 Å². The highest BCUT2D eigenvalue weighted by Gasteiger charge is 2.27. The summed E-state index contributed by atoms with van der Waals surface area (Å²) in [5.41, 5.74) is 9.43. The summed E-state index contributed by atoms with van der Waals surface area (Å²) in [7, 11) is 0. The maximum absolute atomic E-state index is 6.20. The second-order valence-corrected chi connectivity index (χ2v) is 7.55. The van der Waals surface area contributed by atoms with Crippen molar-refractivity contribution in [2.45, 2.75) is 47.0 Å². The van der Waals surface area contributed by atoms with E-state index in [-0.39, 0.29) is 0 Å². The number of halogens is 1. The Bertz CT molecular complexity index is 477. The maximum atomic E-state index is 6.20. The molecule has 1 aromatic carbocycles. The van der Waals surface area contributed by atoms with Crippen LogP contribution >= 0.6 is 11.6 Å². The SMILES string of the molecule is Cc1cc(N)c(Cl)cc1N1CCCC(C(C)(C)C)CC1. The summed E-state index contributed by atoms with van der Waals surface area (Å²) in [6.45, 7) is 11.4. The van der Waals surface area contributed by atoms with Crippen molar-refractivity contribution in [2.24, 2.45) is 11.3 Å². The zero-order valence-electron chi connectivity index (χ0n) is 13.2. The van der Waals surface area contributed by atoms with Crippen LogP contribution in [0.2, 0.25) is 5.02 Å². The summed E-state index contributed by atoms with van der Waals surface area (Å²) in [5, 5.41) is 0.669. The van der Waals surface area contributed by atoms with Crippen molar-refractivity contribution in [3.8, 4) is 0 Å². The standard InChI is InChI=1S/C17H27ClN2/c1-12-10-15(19)14(18)11-16(12)20-8-5-6-13(7-9-20)17(2,3)4/h10-11,13H,5-9,19H2,1-4H3. The van der Waals surface area contributed by atoms with Crippen molar-refractivity contribution in [2.75, 3.05) is 23.7 Å². The van der Waals surface area contributed by atoms with E-state index in [4.69, 9.17) is 17.3 Å². The fourth-order valence-corrected chi connectivity index (χ4v) is 3.40. The van der Waals surface area contributed by atoms with Crippen molar-refractivity contribution in [3.63, 3.8) is 0 Å². The summed E-state index contributed by atoms with van der Waals surface area (Å²) in [5.74, 6) is 0.803. The van der Waals surface area contributed by atoms with E-state index in [1.807, 2.05) is 12.1 Å². The van der Waals surface area contributed by atoms with Gasteiger partial charge in [-0.25, -0.2) is 0 Å². The molecule has 20 heavy (non-hydrogen) atoms. The molecule has 0 spiro atoms. The number of hydrogen-bond donors (Lipinski definition) is 1. The van der Waals surface area contributed by atoms with Gasteiger partial charge in [0.25, 0.3) is 0 Å². The third kappa shape index (κ3) is 3.41. The minimum Gasteiger partial charge on any atom is -0.398 e. The highest BCUT2D eigenvalue weighted by Crippen LogP contribution is 2.36. The van der Waals surface area contributed by atoms with E-state index in [1.165, 1.54) is 30.5 Å². The lowest BCUT2D eigenvalue weighted by atomic mass is 9.77. The van der Waals surface area contributed by atoms with Gasteiger partial charge in [-0.1, -0.05) is 32.4 Å². The number of benzene rings is 1. The topological polar surface area (TPSA) is 29.3 Å². The molecule has 3 heteroatoms. The molecule has 1 aliphatic rings. The fourth-order valence-electron chi connectivity index (χ4n) is 3.24. The molecule has 1 heterocycles. The molecular formula is C17H27ClN2. The quantitative estimate of drug-likeness (QED) is 0.748. The molecular weight excluding hydrogens is 268 g/mol. The lowest BCUT2D eigenvalue weighted by molar-refractivity contribution is 0.220. The van der Waals surface area contributed by atoms with E-state index >= 15 is 0 Å². The lowest BCUT2D eigenvalue weighted by Gasteiger charge is -2.30. The molecule has 0 bridgehead atoms. The average molecular weight is 295 g/mol. The van der Waals surface area contributed by atoms with Crippen LogP contribution in [-0.2, 0) is 0 Å². The predicted molar refractivity (Wildman–Crippen MR) is 89.6 cm³/mol. The molecule has 1 atom stereocenters. The molecule has 0 amide bonds. The summed E-state index contributed by atoms with van der Waals surface area (Å²) in [6, 6.07) is 4.02. The van der Waals surface area contributed by atoms with E-state index < -0.39 is 0 Å². The molecule has 2 rings (SSSR count). The molecule has 2 N–H and O–H groups in total. The van der Waals surface area contributed by atoms with Gasteiger partial charge in [0.2, 0.25) is 0 Å². The molecule has 112 valence electrons. The van der Waals surface area contributed by atoms with Crippen LogP contribution in [0.1, 0.15) is 45.6 Å². The van der Waals surface area contributed by atoms with Gasteiger partial charge in [-0.15, -0.1) is 0 Å². The van der Waals surface area contributed by atoms with Crippen molar-refractivity contribution >= 4 is 23.0 Å². The van der Waals surface area contributed by atoms with Crippen LogP contribution < -0.4 is 10.6 Å². The van der Waals surface area contributed by atoms with Crippen LogP contribution in [0.25, 0.3) is 0 Å². The number of aryl methyl sites for hydroxylation is 1. The summed E-state index contributed by atoms with van der Waals surface area (Å²) < 4.78 is 0. The summed E-state index contributed by atoms with van der Waals surface area (Å²) in [6.07, 6.45) is 3.83. The number of nitrogen functional groups attached to an aromatic ring is 1. The van der Waals surface area contributed by atoms with Gasteiger partial charge in [-0.2, -0.15) is 0 Å². The van der Waals surface area contributed by atoms with E-state index in [0.717, 1.165) is 19.0 Å². The normalized spacial score (nSPS) is 20.9. The second kappa shape index (κ2) is 5.85. The maximum Gasteiger partial charge on any atom is 0.0656 e. The first-order chi connectivity index (χ1) is 9.29. The minimum atomic E-state index is 0.407. The molecule has 1 unspecified atom stereocenters. The van der Waals surface area contributed by atoms with E-state index in [9.17, 15) is 0 Å². The first-order valence-electron chi connectivity index (χ1n) is 7.59. The number of anilines is 2. The Morgan fingerprint density at radius 2 is 1.90 bits per heavy atom. The van der Waals surface area contributed by atoms with Crippen LogP contribution in [0.15, 0.2) is 12.1 Å². The lowest BCUT2D eigenvalue weighted by Crippen LogP contribution is -2.26. The van der Waals surface area contributed by atoms with Crippen LogP contribution in [0.3, 0.4) is 0 Å². The highest BCUT2D eigenvalue weighted by atomic mass is 35.5. The van der Waals surface area contributed by atoms with E-state index in [2.05, 4.69) is 32.6 Å². The van der Waals surface area contributed by atoms with Gasteiger partial charge in [0.15, 0.2) is 0 Å². The fraction of sp³-hybridized carbons (Fsp3) is 0.647. The monoisotopic (exact) mass is 294 g/mol. The molecule has 0 saturated carbocycles. The molecule has 2 nitrogen and oxygen atoms in total. The van der Waals surface area contributed by atoms with Crippen molar-refractivity contribution < 1.29 is 0 Å². The van der Waals surface area contributed by atoms with Crippen molar-refractivity contribution in [3.05, 3.63) is 22.7 Å². The van der Waals surface area contributed by atoms with E-state index in [0.29, 0.717) is 16.1 Å². The Morgan fingerprint density at radius 3 is 2.55 bits per heavy atom. The van der Waals surface area contributed by atoms with Crippen LogP contribution in [0.5, 0.6) is 0 Å². The third-order valence-electron chi connectivity index (χ3n) is 4.61. The minimum absolute atomic E-state index is 0.407. The Kier molecular flexibility index (Phi) is 4.53.